The Hall–Kier alpha value is -2.32. The lowest BCUT2D eigenvalue weighted by atomic mass is 10.1. The Morgan fingerprint density at radius 2 is 1.72 bits per heavy atom. The number of nitrogens with two attached hydrogens (primary N) is 1. The summed E-state index contributed by atoms with van der Waals surface area (Å²) in [6.45, 7) is 1.33. The number of aliphatic carboxylic acids is 2. The van der Waals surface area contributed by atoms with Gasteiger partial charge in [-0.25, -0.2) is 9.59 Å². The molecule has 0 radical (unpaired) electrons. The van der Waals surface area contributed by atoms with Crippen LogP contribution in [0.1, 0.15) is 19.8 Å². The number of carbonyl (C=O) groups is 4. The van der Waals surface area contributed by atoms with Gasteiger partial charge in [0, 0.05) is 6.42 Å². The van der Waals surface area contributed by atoms with Crippen molar-refractivity contribution in [3.8, 4) is 0 Å². The van der Waals surface area contributed by atoms with Gasteiger partial charge in [0.2, 0.25) is 5.91 Å². The van der Waals surface area contributed by atoms with Crippen LogP contribution in [-0.4, -0.2) is 46.2 Å². The van der Waals surface area contributed by atoms with Crippen molar-refractivity contribution in [2.45, 2.75) is 31.8 Å². The van der Waals surface area contributed by atoms with E-state index in [4.69, 9.17) is 15.9 Å². The smallest absolute Gasteiger partial charge is 0.326 e. The van der Waals surface area contributed by atoms with Gasteiger partial charge >= 0.3 is 18.0 Å². The summed E-state index contributed by atoms with van der Waals surface area (Å²) >= 11 is 0. The van der Waals surface area contributed by atoms with Gasteiger partial charge in [-0.1, -0.05) is 0 Å². The van der Waals surface area contributed by atoms with Crippen LogP contribution < -0.4 is 16.4 Å². The second-order valence-corrected chi connectivity index (χ2v) is 3.57. The zero-order chi connectivity index (χ0) is 14.3. The van der Waals surface area contributed by atoms with Gasteiger partial charge < -0.3 is 26.6 Å². The Morgan fingerprint density at radius 3 is 2.11 bits per heavy atom. The Kier molecular flexibility index (Phi) is 6.18. The van der Waals surface area contributed by atoms with Crippen LogP contribution in [0.2, 0.25) is 0 Å². The van der Waals surface area contributed by atoms with E-state index >= 15 is 0 Å². The summed E-state index contributed by atoms with van der Waals surface area (Å²) in [6, 6.07) is -3.21. The van der Waals surface area contributed by atoms with E-state index in [-0.39, 0.29) is 6.42 Å². The number of urea groups is 1. The average Bonchev–Trinajstić information content (AvgIpc) is 2.23. The van der Waals surface area contributed by atoms with Crippen LogP contribution in [0.3, 0.4) is 0 Å². The summed E-state index contributed by atoms with van der Waals surface area (Å²) in [6.07, 6.45) is -0.661. The fourth-order valence-electron chi connectivity index (χ4n) is 0.993. The summed E-state index contributed by atoms with van der Waals surface area (Å²) in [7, 11) is 0. The average molecular weight is 261 g/mol. The van der Waals surface area contributed by atoms with Crippen LogP contribution in [0.5, 0.6) is 0 Å². The van der Waals surface area contributed by atoms with Gasteiger partial charge in [0.1, 0.15) is 12.1 Å². The maximum absolute atomic E-state index is 11.3. The Morgan fingerprint density at radius 1 is 1.17 bits per heavy atom. The largest absolute Gasteiger partial charge is 0.481 e. The number of hydrogen-bond donors (Lipinski definition) is 5. The third kappa shape index (κ3) is 6.30. The molecule has 0 fully saturated rings. The first-order valence-corrected chi connectivity index (χ1v) is 5.05. The molecule has 0 aromatic heterocycles. The molecule has 9 heteroatoms. The topological polar surface area (TPSA) is 159 Å². The summed E-state index contributed by atoms with van der Waals surface area (Å²) in [5.74, 6) is -3.31. The first-order chi connectivity index (χ1) is 8.23. The van der Waals surface area contributed by atoms with E-state index < -0.39 is 42.4 Å². The summed E-state index contributed by atoms with van der Waals surface area (Å²) < 4.78 is 0. The lowest BCUT2D eigenvalue weighted by molar-refractivity contribution is -0.140. The van der Waals surface area contributed by atoms with Crippen molar-refractivity contribution in [2.24, 2.45) is 5.73 Å². The van der Waals surface area contributed by atoms with Gasteiger partial charge in [0.15, 0.2) is 0 Å². The number of amides is 3. The molecule has 0 heterocycles. The molecule has 102 valence electrons. The molecule has 3 amide bonds. The van der Waals surface area contributed by atoms with Crippen molar-refractivity contribution in [1.82, 2.24) is 10.6 Å². The molecule has 18 heavy (non-hydrogen) atoms. The first-order valence-electron chi connectivity index (χ1n) is 5.05. The first kappa shape index (κ1) is 15.7. The zero-order valence-corrected chi connectivity index (χ0v) is 9.67. The second kappa shape index (κ2) is 7.09. The Labute approximate surface area is 102 Å². The molecular formula is C9H15N3O6. The zero-order valence-electron chi connectivity index (χ0n) is 9.67. The highest BCUT2D eigenvalue weighted by atomic mass is 16.4. The molecule has 9 nitrogen and oxygen atoms in total. The minimum atomic E-state index is -1.36. The van der Waals surface area contributed by atoms with Crippen molar-refractivity contribution < 1.29 is 29.4 Å². The van der Waals surface area contributed by atoms with E-state index in [0.717, 1.165) is 0 Å². The predicted molar refractivity (Wildman–Crippen MR) is 58.6 cm³/mol. The highest BCUT2D eigenvalue weighted by Crippen LogP contribution is 1.98. The second-order valence-electron chi connectivity index (χ2n) is 3.57. The fourth-order valence-corrected chi connectivity index (χ4v) is 0.993. The van der Waals surface area contributed by atoms with Crippen LogP contribution >= 0.6 is 0 Å². The molecule has 6 N–H and O–H groups in total. The number of carbonyl (C=O) groups excluding carboxylic acids is 2. The monoisotopic (exact) mass is 261 g/mol. The molecule has 0 aromatic carbocycles. The van der Waals surface area contributed by atoms with Crippen LogP contribution in [0, 0.1) is 0 Å². The molecular weight excluding hydrogens is 246 g/mol. The van der Waals surface area contributed by atoms with Crippen LogP contribution in [0.4, 0.5) is 4.79 Å². The molecule has 0 saturated carbocycles. The summed E-state index contributed by atoms with van der Waals surface area (Å²) in [5, 5.41) is 21.3. The van der Waals surface area contributed by atoms with Gasteiger partial charge in [-0.05, 0) is 13.3 Å². The minimum absolute atomic E-state index is 0.261. The number of primary amides is 1. The molecule has 0 bridgehead atoms. The maximum Gasteiger partial charge on any atom is 0.326 e. The number of carboxylic acid groups (broad SMARTS) is 2. The van der Waals surface area contributed by atoms with Gasteiger partial charge in [-0.3, -0.25) is 9.59 Å². The molecule has 0 rings (SSSR count). The van der Waals surface area contributed by atoms with Gasteiger partial charge in [0.25, 0.3) is 0 Å². The van der Waals surface area contributed by atoms with Crippen molar-refractivity contribution in [2.75, 3.05) is 0 Å². The fraction of sp³-hybridized carbons (Fsp3) is 0.556. The number of rotatable bonds is 7. The summed E-state index contributed by atoms with van der Waals surface area (Å²) in [5.41, 5.74) is 4.90. The van der Waals surface area contributed by atoms with Crippen molar-refractivity contribution in [1.29, 1.82) is 0 Å². The molecule has 0 spiro atoms. The van der Waals surface area contributed by atoms with Crippen LogP contribution in [0.15, 0.2) is 0 Å². The molecule has 2 unspecified atom stereocenters. The highest BCUT2D eigenvalue weighted by molar-refractivity contribution is 5.87. The Bertz CT molecular complexity index is 356. The number of carboxylic acids is 2. The normalized spacial score (nSPS) is 13.2. The van der Waals surface area contributed by atoms with E-state index in [1.165, 1.54) is 6.92 Å². The van der Waals surface area contributed by atoms with Crippen molar-refractivity contribution >= 4 is 23.9 Å². The van der Waals surface area contributed by atoms with Gasteiger partial charge in [0.05, 0.1) is 0 Å². The molecule has 2 atom stereocenters. The highest BCUT2D eigenvalue weighted by Gasteiger charge is 2.22. The lowest BCUT2D eigenvalue weighted by Crippen LogP contribution is -2.51. The third-order valence-electron chi connectivity index (χ3n) is 2.02. The standard InChI is InChI=1S/C9H15N3O6/c1-4(7(10)15)11-9(18)12-5(8(16)17)2-3-6(13)14/h4-5H,2-3H2,1H3,(H2,10,15)(H,13,14)(H,16,17)(H2,11,12,18). The molecule has 0 aliphatic carbocycles. The minimum Gasteiger partial charge on any atom is -0.481 e. The molecule has 0 aliphatic heterocycles. The Balaban J connectivity index is 4.32. The van der Waals surface area contributed by atoms with E-state index in [1.54, 1.807) is 0 Å². The van der Waals surface area contributed by atoms with E-state index in [1.807, 2.05) is 5.32 Å². The van der Waals surface area contributed by atoms with Gasteiger partial charge in [-0.15, -0.1) is 0 Å². The van der Waals surface area contributed by atoms with Crippen molar-refractivity contribution in [3.63, 3.8) is 0 Å². The lowest BCUT2D eigenvalue weighted by Gasteiger charge is -2.16. The maximum atomic E-state index is 11.3. The van der Waals surface area contributed by atoms with Crippen molar-refractivity contribution in [3.05, 3.63) is 0 Å². The third-order valence-corrected chi connectivity index (χ3v) is 2.02. The van der Waals surface area contributed by atoms with E-state index in [2.05, 4.69) is 5.32 Å². The quantitative estimate of drug-likeness (QED) is 0.374. The van der Waals surface area contributed by atoms with Crippen LogP contribution in [0.25, 0.3) is 0 Å². The van der Waals surface area contributed by atoms with E-state index in [9.17, 15) is 19.2 Å². The molecule has 0 aliphatic rings. The van der Waals surface area contributed by atoms with Crippen LogP contribution in [-0.2, 0) is 14.4 Å². The molecule has 0 aromatic rings. The summed E-state index contributed by atoms with van der Waals surface area (Å²) in [4.78, 5) is 43.0. The SMILES string of the molecule is CC(NC(=O)NC(CCC(=O)O)C(=O)O)C(N)=O. The number of nitrogens with one attached hydrogen (secondary N) is 2. The predicted octanol–water partition coefficient (Wildman–Crippen LogP) is -1.52. The van der Waals surface area contributed by atoms with E-state index in [0.29, 0.717) is 0 Å². The van der Waals surface area contributed by atoms with Gasteiger partial charge in [-0.2, -0.15) is 0 Å². The molecule has 0 saturated heterocycles. The number of hydrogen-bond acceptors (Lipinski definition) is 4.